The van der Waals surface area contributed by atoms with Crippen LogP contribution in [0.5, 0.6) is 0 Å². The van der Waals surface area contributed by atoms with E-state index in [-0.39, 0.29) is 0 Å². The van der Waals surface area contributed by atoms with Crippen LogP contribution in [0.3, 0.4) is 0 Å². The maximum atomic E-state index is 5.77. The van der Waals surface area contributed by atoms with Crippen molar-refractivity contribution in [3.8, 4) is 0 Å². The highest BCUT2D eigenvalue weighted by Gasteiger charge is 2.26. The van der Waals surface area contributed by atoms with E-state index in [1.165, 1.54) is 37.2 Å². The van der Waals surface area contributed by atoms with E-state index in [1.807, 2.05) is 0 Å². The van der Waals surface area contributed by atoms with Crippen molar-refractivity contribution < 1.29 is 8.37 Å². The molecule has 2 aliphatic heterocycles. The van der Waals surface area contributed by atoms with Crippen molar-refractivity contribution >= 4 is 10.6 Å². The van der Waals surface area contributed by atoms with Crippen LogP contribution in [0.25, 0.3) is 0 Å². The van der Waals surface area contributed by atoms with Crippen LogP contribution < -0.4 is 0 Å². The Morgan fingerprint density at radius 1 is 0.727 bits per heavy atom. The van der Waals surface area contributed by atoms with Gasteiger partial charge in [-0.15, -0.1) is 0 Å². The van der Waals surface area contributed by atoms with E-state index in [1.54, 1.807) is 0 Å². The van der Waals surface area contributed by atoms with Crippen LogP contribution in [0.15, 0.2) is 0 Å². The third-order valence-electron chi connectivity index (χ3n) is 2.30. The van der Waals surface area contributed by atoms with Gasteiger partial charge in [0.25, 0.3) is 0 Å². The fraction of sp³-hybridized carbons (Fsp3) is 1.00. The summed E-state index contributed by atoms with van der Waals surface area (Å²) in [5.41, 5.74) is 0. The fourth-order valence-corrected chi connectivity index (χ4v) is 4.52. The van der Waals surface area contributed by atoms with Crippen LogP contribution in [0.4, 0.5) is 0 Å². The minimum atomic E-state index is -0.999. The van der Waals surface area contributed by atoms with Gasteiger partial charge in [0.1, 0.15) is 0 Å². The quantitative estimate of drug-likeness (QED) is 0.563. The monoisotopic (exact) mass is 176 g/mol. The highest BCUT2D eigenvalue weighted by molar-refractivity contribution is 8.25. The smallest absolute Gasteiger partial charge is 0.0714 e. The summed E-state index contributed by atoms with van der Waals surface area (Å²) in [4.78, 5) is 0. The van der Waals surface area contributed by atoms with Crippen molar-refractivity contribution in [3.63, 3.8) is 0 Å². The minimum Gasteiger partial charge on any atom is -0.284 e. The molecule has 0 N–H and O–H groups in total. The molecule has 0 amide bonds. The first-order chi connectivity index (χ1) is 5.41. The first-order valence-electron chi connectivity index (χ1n) is 4.49. The van der Waals surface area contributed by atoms with Gasteiger partial charge in [0.05, 0.1) is 13.2 Å². The summed E-state index contributed by atoms with van der Waals surface area (Å²) in [7, 11) is -0.999. The summed E-state index contributed by atoms with van der Waals surface area (Å²) < 4.78 is 11.5. The minimum absolute atomic E-state index is 0.940. The maximum absolute atomic E-state index is 5.77. The van der Waals surface area contributed by atoms with Gasteiger partial charge < -0.3 is 0 Å². The first-order valence-corrected chi connectivity index (χ1v) is 6.31. The second kappa shape index (κ2) is 3.33. The summed E-state index contributed by atoms with van der Waals surface area (Å²) in [5.74, 6) is 2.40. The molecular formula is C8H16O2S. The van der Waals surface area contributed by atoms with Gasteiger partial charge >= 0.3 is 0 Å². The third-order valence-corrected chi connectivity index (χ3v) is 5.31. The third kappa shape index (κ3) is 1.71. The molecule has 0 radical (unpaired) electrons. The molecule has 0 unspecified atom stereocenters. The molecule has 11 heavy (non-hydrogen) atoms. The van der Waals surface area contributed by atoms with Gasteiger partial charge in [-0.1, -0.05) is 0 Å². The van der Waals surface area contributed by atoms with Gasteiger partial charge in [0.2, 0.25) is 0 Å². The Morgan fingerprint density at radius 3 is 1.64 bits per heavy atom. The van der Waals surface area contributed by atoms with Crippen molar-refractivity contribution in [3.05, 3.63) is 0 Å². The van der Waals surface area contributed by atoms with E-state index in [0.717, 1.165) is 13.2 Å². The fourth-order valence-electron chi connectivity index (χ4n) is 1.64. The van der Waals surface area contributed by atoms with Crippen LogP contribution in [0, 0.1) is 0 Å². The van der Waals surface area contributed by atoms with Gasteiger partial charge in [-0.25, -0.2) is 0 Å². The Balaban J connectivity index is 1.94. The Hall–Kier alpha value is 0.270. The van der Waals surface area contributed by atoms with Crippen molar-refractivity contribution in [1.29, 1.82) is 0 Å². The summed E-state index contributed by atoms with van der Waals surface area (Å²) in [6, 6.07) is 0. The van der Waals surface area contributed by atoms with E-state index >= 15 is 0 Å². The molecule has 1 spiro atoms. The van der Waals surface area contributed by atoms with Crippen LogP contribution in [-0.2, 0) is 8.37 Å². The Kier molecular flexibility index (Phi) is 2.39. The van der Waals surface area contributed by atoms with Crippen molar-refractivity contribution in [2.24, 2.45) is 0 Å². The highest BCUT2D eigenvalue weighted by atomic mass is 32.3. The second-order valence-corrected chi connectivity index (χ2v) is 5.99. The first kappa shape index (κ1) is 7.90. The normalized spacial score (nSPS) is 33.5. The van der Waals surface area contributed by atoms with Gasteiger partial charge in [0, 0.05) is 11.5 Å². The molecule has 0 aromatic carbocycles. The maximum Gasteiger partial charge on any atom is 0.0714 e. The lowest BCUT2D eigenvalue weighted by Crippen LogP contribution is -2.25. The van der Waals surface area contributed by atoms with Gasteiger partial charge in [-0.2, -0.15) is 10.6 Å². The summed E-state index contributed by atoms with van der Waals surface area (Å²) >= 11 is 0. The standard InChI is InChI=1S/C8H16O2S/c1-3-7-11(9-5-1)8-4-2-6-10-11/h1-8H2. The molecule has 3 heteroatoms. The molecule has 0 atom stereocenters. The molecular weight excluding hydrogens is 160 g/mol. The lowest BCUT2D eigenvalue weighted by molar-refractivity contribution is 0.222. The van der Waals surface area contributed by atoms with E-state index in [0.29, 0.717) is 0 Å². The summed E-state index contributed by atoms with van der Waals surface area (Å²) in [5, 5.41) is 0. The van der Waals surface area contributed by atoms with Gasteiger partial charge in [-0.3, -0.25) is 8.37 Å². The average molecular weight is 176 g/mol. The Labute approximate surface area is 70.0 Å². The average Bonchev–Trinajstić information content (AvgIpc) is 2.07. The Morgan fingerprint density at radius 2 is 1.27 bits per heavy atom. The molecule has 0 bridgehead atoms. The number of hydrogen-bond acceptors (Lipinski definition) is 2. The van der Waals surface area contributed by atoms with E-state index in [9.17, 15) is 0 Å². The van der Waals surface area contributed by atoms with Crippen LogP contribution in [-0.4, -0.2) is 24.7 Å². The van der Waals surface area contributed by atoms with Gasteiger partial charge in [-0.05, 0) is 25.7 Å². The van der Waals surface area contributed by atoms with E-state index in [2.05, 4.69) is 0 Å². The molecule has 2 fully saturated rings. The molecule has 2 aliphatic rings. The zero-order chi connectivity index (χ0) is 7.57. The predicted octanol–water partition coefficient (Wildman–Crippen LogP) is 2.24. The second-order valence-electron chi connectivity index (χ2n) is 3.21. The summed E-state index contributed by atoms with van der Waals surface area (Å²) in [6.07, 6.45) is 5.10. The van der Waals surface area contributed by atoms with Crippen molar-refractivity contribution in [1.82, 2.24) is 0 Å². The number of hydrogen-bond donors (Lipinski definition) is 0. The molecule has 0 aromatic heterocycles. The molecule has 66 valence electrons. The van der Waals surface area contributed by atoms with Crippen LogP contribution in [0.1, 0.15) is 25.7 Å². The lowest BCUT2D eigenvalue weighted by atomic mass is 10.3. The molecule has 0 aliphatic carbocycles. The molecule has 2 saturated heterocycles. The molecule has 0 aromatic rings. The predicted molar refractivity (Wildman–Crippen MR) is 47.7 cm³/mol. The Bertz CT molecular complexity index is 107. The van der Waals surface area contributed by atoms with Crippen LogP contribution in [0.2, 0.25) is 0 Å². The molecule has 0 saturated carbocycles. The highest BCUT2D eigenvalue weighted by Crippen LogP contribution is 2.55. The lowest BCUT2D eigenvalue weighted by Gasteiger charge is -2.48. The molecule has 2 nitrogen and oxygen atoms in total. The topological polar surface area (TPSA) is 18.5 Å². The van der Waals surface area contributed by atoms with E-state index in [4.69, 9.17) is 8.37 Å². The summed E-state index contributed by atoms with van der Waals surface area (Å²) in [6.45, 7) is 1.88. The zero-order valence-electron chi connectivity index (χ0n) is 6.88. The molecule has 2 rings (SSSR count). The van der Waals surface area contributed by atoms with Crippen LogP contribution >= 0.6 is 10.6 Å². The van der Waals surface area contributed by atoms with E-state index < -0.39 is 10.6 Å². The van der Waals surface area contributed by atoms with Crippen molar-refractivity contribution in [2.75, 3.05) is 24.7 Å². The van der Waals surface area contributed by atoms with Gasteiger partial charge in [0.15, 0.2) is 0 Å². The SMILES string of the molecule is C1CCS2(CCCCO2)OC1. The number of rotatable bonds is 0. The largest absolute Gasteiger partial charge is 0.284 e. The molecule has 2 heterocycles. The zero-order valence-corrected chi connectivity index (χ0v) is 7.70. The van der Waals surface area contributed by atoms with Crippen molar-refractivity contribution in [2.45, 2.75) is 25.7 Å².